The van der Waals surface area contributed by atoms with E-state index in [0.29, 0.717) is 0 Å². The monoisotopic (exact) mass is 202 g/mol. The second kappa shape index (κ2) is 3.96. The van der Waals surface area contributed by atoms with Gasteiger partial charge >= 0.3 is 0 Å². The molecule has 3 nitrogen and oxygen atoms in total. The zero-order chi connectivity index (χ0) is 10.7. The fourth-order valence-corrected chi connectivity index (χ4v) is 0.918. The summed E-state index contributed by atoms with van der Waals surface area (Å²) in [4.78, 5) is 3.39. The van der Waals surface area contributed by atoms with E-state index in [1.165, 1.54) is 6.07 Å². The Bertz CT molecular complexity index is 387. The molecule has 0 atom stereocenters. The predicted octanol–water partition coefficient (Wildman–Crippen LogP) is 2.04. The quantitative estimate of drug-likeness (QED) is 0.737. The van der Waals surface area contributed by atoms with Crippen molar-refractivity contribution in [3.63, 3.8) is 0 Å². The molecule has 0 saturated carbocycles. The van der Waals surface area contributed by atoms with Crippen LogP contribution in [0.4, 0.5) is 13.2 Å². The Kier molecular flexibility index (Phi) is 2.92. The summed E-state index contributed by atoms with van der Waals surface area (Å²) in [7, 11) is 1.10. The summed E-state index contributed by atoms with van der Waals surface area (Å²) >= 11 is 0. The summed E-state index contributed by atoms with van der Waals surface area (Å²) in [6.45, 7) is 0. The van der Waals surface area contributed by atoms with Crippen molar-refractivity contribution >= 4 is 0 Å². The minimum atomic E-state index is -3.06. The van der Waals surface area contributed by atoms with Gasteiger partial charge in [-0.25, -0.2) is 18.2 Å². The lowest BCUT2D eigenvalue weighted by atomic mass is 10.2. The molecule has 1 heterocycles. The van der Waals surface area contributed by atoms with Gasteiger partial charge in [-0.05, 0) is 0 Å². The van der Waals surface area contributed by atoms with Crippen LogP contribution in [-0.2, 0) is 0 Å². The van der Waals surface area contributed by atoms with E-state index in [4.69, 9.17) is 5.26 Å². The Morgan fingerprint density at radius 3 is 2.64 bits per heavy atom. The highest BCUT2D eigenvalue weighted by atomic mass is 19.3. The fourth-order valence-electron chi connectivity index (χ4n) is 0.918. The Hall–Kier alpha value is -1.77. The molecule has 0 aliphatic heterocycles. The van der Waals surface area contributed by atoms with Gasteiger partial charge in [-0.3, -0.25) is 0 Å². The first-order valence-corrected chi connectivity index (χ1v) is 3.52. The van der Waals surface area contributed by atoms with Crippen LogP contribution in [0, 0.1) is 17.1 Å². The Morgan fingerprint density at radius 2 is 2.21 bits per heavy atom. The lowest BCUT2D eigenvalue weighted by Crippen LogP contribution is -2.01. The maximum Gasteiger partial charge on any atom is 0.271 e. The molecule has 0 spiro atoms. The number of hydrogen-bond donors (Lipinski definition) is 0. The smallest absolute Gasteiger partial charge is 0.271 e. The lowest BCUT2D eigenvalue weighted by molar-refractivity contribution is 0.140. The second-order valence-electron chi connectivity index (χ2n) is 2.32. The first-order valence-electron chi connectivity index (χ1n) is 3.52. The molecule has 0 radical (unpaired) electrons. The molecule has 1 aromatic heterocycles. The van der Waals surface area contributed by atoms with Crippen molar-refractivity contribution in [1.82, 2.24) is 4.98 Å². The van der Waals surface area contributed by atoms with Crippen LogP contribution in [0.25, 0.3) is 0 Å². The molecule has 1 aromatic rings. The van der Waals surface area contributed by atoms with Crippen LogP contribution in [0.2, 0.25) is 0 Å². The van der Waals surface area contributed by atoms with Crippen molar-refractivity contribution in [2.45, 2.75) is 6.43 Å². The first-order chi connectivity index (χ1) is 6.61. The third-order valence-electron chi connectivity index (χ3n) is 1.55. The minimum absolute atomic E-state index is 0.503. The van der Waals surface area contributed by atoms with Gasteiger partial charge in [0, 0.05) is 0 Å². The SMILES string of the molecule is COc1ncc(C#N)c(F)c1C(F)F. The van der Waals surface area contributed by atoms with Gasteiger partial charge in [-0.2, -0.15) is 5.26 Å². The van der Waals surface area contributed by atoms with Crippen LogP contribution in [0.15, 0.2) is 6.20 Å². The van der Waals surface area contributed by atoms with Gasteiger partial charge in [0.05, 0.1) is 13.3 Å². The number of nitrogens with zero attached hydrogens (tertiary/aromatic N) is 2. The van der Waals surface area contributed by atoms with Crippen LogP contribution in [0.5, 0.6) is 5.88 Å². The zero-order valence-electron chi connectivity index (χ0n) is 7.09. The van der Waals surface area contributed by atoms with Crippen molar-refractivity contribution in [3.8, 4) is 11.9 Å². The van der Waals surface area contributed by atoms with Crippen LogP contribution < -0.4 is 4.74 Å². The Morgan fingerprint density at radius 1 is 1.57 bits per heavy atom. The number of nitriles is 1. The maximum atomic E-state index is 13.1. The topological polar surface area (TPSA) is 45.9 Å². The van der Waals surface area contributed by atoms with Crippen LogP contribution in [-0.4, -0.2) is 12.1 Å². The van der Waals surface area contributed by atoms with Gasteiger partial charge in [0.1, 0.15) is 17.2 Å². The Labute approximate surface area is 77.7 Å². The Balaban J connectivity index is 3.41. The van der Waals surface area contributed by atoms with Gasteiger partial charge in [-0.15, -0.1) is 0 Å². The normalized spacial score (nSPS) is 10.0. The molecular weight excluding hydrogens is 197 g/mol. The minimum Gasteiger partial charge on any atom is -0.481 e. The average Bonchev–Trinajstić information content (AvgIpc) is 2.16. The summed E-state index contributed by atoms with van der Waals surface area (Å²) in [6, 6.07) is 1.42. The van der Waals surface area contributed by atoms with E-state index in [-0.39, 0.29) is 0 Å². The number of aromatic nitrogens is 1. The molecule has 0 aliphatic carbocycles. The van der Waals surface area contributed by atoms with E-state index in [1.54, 1.807) is 0 Å². The van der Waals surface area contributed by atoms with E-state index >= 15 is 0 Å². The zero-order valence-corrected chi connectivity index (χ0v) is 7.09. The number of halogens is 3. The van der Waals surface area contributed by atoms with E-state index < -0.39 is 29.2 Å². The molecule has 74 valence electrons. The van der Waals surface area contributed by atoms with Crippen LogP contribution in [0.1, 0.15) is 17.6 Å². The second-order valence-corrected chi connectivity index (χ2v) is 2.32. The molecule has 0 bridgehead atoms. The van der Waals surface area contributed by atoms with Crippen molar-refractivity contribution in [2.24, 2.45) is 0 Å². The molecular formula is C8H5F3N2O. The van der Waals surface area contributed by atoms with E-state index in [2.05, 4.69) is 9.72 Å². The maximum absolute atomic E-state index is 13.1. The van der Waals surface area contributed by atoms with E-state index in [1.807, 2.05) is 0 Å². The number of methoxy groups -OCH3 is 1. The first kappa shape index (κ1) is 10.3. The summed E-state index contributed by atoms with van der Waals surface area (Å²) in [5, 5.41) is 8.37. The summed E-state index contributed by atoms with van der Waals surface area (Å²) in [5.41, 5.74) is -1.51. The third-order valence-corrected chi connectivity index (χ3v) is 1.55. The number of pyridine rings is 1. The van der Waals surface area contributed by atoms with Gasteiger partial charge in [0.15, 0.2) is 5.82 Å². The molecule has 0 fully saturated rings. The molecule has 6 heteroatoms. The highest BCUT2D eigenvalue weighted by Gasteiger charge is 2.23. The van der Waals surface area contributed by atoms with Gasteiger partial charge in [0.25, 0.3) is 6.43 Å². The largest absolute Gasteiger partial charge is 0.481 e. The average molecular weight is 202 g/mol. The molecule has 0 aliphatic rings. The predicted molar refractivity (Wildman–Crippen MR) is 40.4 cm³/mol. The summed E-state index contributed by atoms with van der Waals surface area (Å²) in [5.74, 6) is -1.79. The third kappa shape index (κ3) is 1.62. The van der Waals surface area contributed by atoms with E-state index in [9.17, 15) is 13.2 Å². The van der Waals surface area contributed by atoms with Crippen molar-refractivity contribution < 1.29 is 17.9 Å². The number of hydrogen-bond acceptors (Lipinski definition) is 3. The molecule has 1 rings (SSSR count). The van der Waals surface area contributed by atoms with E-state index in [0.717, 1.165) is 13.3 Å². The molecule has 0 unspecified atom stereocenters. The number of ether oxygens (including phenoxy) is 1. The lowest BCUT2D eigenvalue weighted by Gasteiger charge is -2.07. The molecule has 14 heavy (non-hydrogen) atoms. The molecule has 0 saturated heterocycles. The molecule has 0 N–H and O–H groups in total. The van der Waals surface area contributed by atoms with Crippen molar-refractivity contribution in [2.75, 3.05) is 7.11 Å². The van der Waals surface area contributed by atoms with Gasteiger partial charge in [-0.1, -0.05) is 0 Å². The van der Waals surface area contributed by atoms with Gasteiger partial charge in [0.2, 0.25) is 5.88 Å². The highest BCUT2D eigenvalue weighted by Crippen LogP contribution is 2.30. The molecule has 0 amide bonds. The summed E-state index contributed by atoms with van der Waals surface area (Å²) < 4.78 is 42.2. The highest BCUT2D eigenvalue weighted by molar-refractivity contribution is 5.38. The van der Waals surface area contributed by atoms with Crippen molar-refractivity contribution in [3.05, 3.63) is 23.1 Å². The van der Waals surface area contributed by atoms with Crippen molar-refractivity contribution in [1.29, 1.82) is 5.26 Å². The van der Waals surface area contributed by atoms with Crippen LogP contribution in [0.3, 0.4) is 0 Å². The molecule has 0 aromatic carbocycles. The fraction of sp³-hybridized carbons (Fsp3) is 0.250. The van der Waals surface area contributed by atoms with Gasteiger partial charge < -0.3 is 4.74 Å². The number of rotatable bonds is 2. The summed E-state index contributed by atoms with van der Waals surface area (Å²) in [6.07, 6.45) is -2.22. The number of alkyl halides is 2. The van der Waals surface area contributed by atoms with Crippen LogP contribution >= 0.6 is 0 Å². The standard InChI is InChI=1S/C8H5F3N2O/c1-14-8-5(7(10)11)6(9)4(2-12)3-13-8/h3,7H,1H3.